The summed E-state index contributed by atoms with van der Waals surface area (Å²) in [5, 5.41) is 1.45. The van der Waals surface area contributed by atoms with Crippen molar-refractivity contribution in [3.8, 4) is 0 Å². The first-order valence-corrected chi connectivity index (χ1v) is 9.15. The number of hydrogen-bond donors (Lipinski definition) is 1. The van der Waals surface area contributed by atoms with Crippen LogP contribution in [0.25, 0.3) is 0 Å². The highest BCUT2D eigenvalue weighted by Gasteiger charge is 2.45. The second-order valence-electron chi connectivity index (χ2n) is 6.02. The van der Waals surface area contributed by atoms with Crippen LogP contribution in [-0.2, 0) is 0 Å². The van der Waals surface area contributed by atoms with Crippen molar-refractivity contribution in [1.82, 2.24) is 4.90 Å². The van der Waals surface area contributed by atoms with Gasteiger partial charge in [0.15, 0.2) is 0 Å². The van der Waals surface area contributed by atoms with Crippen molar-refractivity contribution in [2.24, 2.45) is 5.73 Å². The van der Waals surface area contributed by atoms with Gasteiger partial charge in [0.2, 0.25) is 0 Å². The van der Waals surface area contributed by atoms with Crippen molar-refractivity contribution in [3.63, 3.8) is 0 Å². The maximum Gasteiger partial charge on any atom is 0.0456 e. The first-order valence-electron chi connectivity index (χ1n) is 7.73. The van der Waals surface area contributed by atoms with E-state index < -0.39 is 0 Å². The van der Waals surface area contributed by atoms with Gasteiger partial charge in [-0.05, 0) is 36.4 Å². The van der Waals surface area contributed by atoms with Gasteiger partial charge in [-0.25, -0.2) is 0 Å². The largest absolute Gasteiger partial charge is 0.369 e. The van der Waals surface area contributed by atoms with Crippen LogP contribution in [0, 0.1) is 0 Å². The smallest absolute Gasteiger partial charge is 0.0456 e. The van der Waals surface area contributed by atoms with Gasteiger partial charge in [0.25, 0.3) is 0 Å². The van der Waals surface area contributed by atoms with Crippen LogP contribution >= 0.6 is 23.4 Å². The third-order valence-corrected chi connectivity index (χ3v) is 6.74. The molecule has 0 aliphatic carbocycles. The minimum Gasteiger partial charge on any atom is -0.369 e. The Balaban J connectivity index is 1.66. The Morgan fingerprint density at radius 3 is 2.43 bits per heavy atom. The van der Waals surface area contributed by atoms with Gasteiger partial charge in [-0.1, -0.05) is 18.5 Å². The van der Waals surface area contributed by atoms with Gasteiger partial charge in [0.1, 0.15) is 0 Å². The molecule has 2 aliphatic heterocycles. The summed E-state index contributed by atoms with van der Waals surface area (Å²) in [4.78, 5) is 5.09. The number of nitrogens with two attached hydrogens (primary N) is 1. The molecule has 1 aromatic carbocycles. The van der Waals surface area contributed by atoms with E-state index in [2.05, 4.69) is 40.6 Å². The lowest BCUT2D eigenvalue weighted by molar-refractivity contribution is 0.0904. The van der Waals surface area contributed by atoms with Crippen LogP contribution < -0.4 is 10.6 Å². The fraction of sp³-hybridized carbons (Fsp3) is 0.625. The van der Waals surface area contributed by atoms with Gasteiger partial charge < -0.3 is 10.6 Å². The summed E-state index contributed by atoms with van der Waals surface area (Å²) < 4.78 is 0. The first kappa shape index (κ1) is 15.5. The maximum absolute atomic E-state index is 6.17. The van der Waals surface area contributed by atoms with Crippen LogP contribution in [0.1, 0.15) is 13.3 Å². The molecule has 1 aromatic rings. The molecule has 3 rings (SSSR count). The van der Waals surface area contributed by atoms with Crippen LogP contribution in [0.2, 0.25) is 5.02 Å². The standard InChI is InChI=1S/C16H24ClN3S/c1-13-16(12-18,6-11-21-13)20-9-7-19(8-10-20)15-4-2-14(17)3-5-15/h2-5,13H,6-12,18H2,1H3. The quantitative estimate of drug-likeness (QED) is 0.926. The third-order valence-electron chi connectivity index (χ3n) is 5.11. The van der Waals surface area contributed by atoms with E-state index >= 15 is 0 Å². The molecule has 2 heterocycles. The number of rotatable bonds is 3. The summed E-state index contributed by atoms with van der Waals surface area (Å²) in [6.07, 6.45) is 1.23. The van der Waals surface area contributed by atoms with Crippen LogP contribution in [-0.4, -0.2) is 54.2 Å². The Hall–Kier alpha value is -0.420. The summed E-state index contributed by atoms with van der Waals surface area (Å²) in [5.41, 5.74) is 7.66. The molecule has 0 bridgehead atoms. The van der Waals surface area contributed by atoms with Gasteiger partial charge in [-0.15, -0.1) is 0 Å². The van der Waals surface area contributed by atoms with E-state index in [1.807, 2.05) is 12.1 Å². The Morgan fingerprint density at radius 1 is 1.24 bits per heavy atom. The second kappa shape index (κ2) is 6.37. The van der Waals surface area contributed by atoms with Gasteiger partial charge in [0.05, 0.1) is 0 Å². The maximum atomic E-state index is 6.17. The number of nitrogens with zero attached hydrogens (tertiary/aromatic N) is 2. The van der Waals surface area contributed by atoms with Crippen molar-refractivity contribution in [2.75, 3.05) is 43.4 Å². The van der Waals surface area contributed by atoms with Crippen LogP contribution in [0.5, 0.6) is 0 Å². The zero-order valence-electron chi connectivity index (χ0n) is 12.6. The van der Waals surface area contributed by atoms with Crippen molar-refractivity contribution in [2.45, 2.75) is 24.1 Å². The summed E-state index contributed by atoms with van der Waals surface area (Å²) in [6, 6.07) is 8.18. The van der Waals surface area contributed by atoms with E-state index in [0.717, 1.165) is 37.7 Å². The number of thioether (sulfide) groups is 1. The van der Waals surface area contributed by atoms with E-state index in [4.69, 9.17) is 17.3 Å². The summed E-state index contributed by atoms with van der Waals surface area (Å²) >= 11 is 8.04. The van der Waals surface area contributed by atoms with Crippen LogP contribution in [0.4, 0.5) is 5.69 Å². The fourth-order valence-electron chi connectivity index (χ4n) is 3.65. The molecule has 0 aromatic heterocycles. The van der Waals surface area contributed by atoms with Gasteiger partial charge >= 0.3 is 0 Å². The highest BCUT2D eigenvalue weighted by molar-refractivity contribution is 8.00. The Bertz CT molecular complexity index is 473. The summed E-state index contributed by atoms with van der Waals surface area (Å²) in [5.74, 6) is 1.25. The number of halogens is 1. The van der Waals surface area contributed by atoms with Crippen LogP contribution in [0.15, 0.2) is 24.3 Å². The minimum absolute atomic E-state index is 0.219. The molecule has 5 heteroatoms. The average molecular weight is 326 g/mol. The number of benzene rings is 1. The van der Waals surface area contributed by atoms with Crippen molar-refractivity contribution in [1.29, 1.82) is 0 Å². The monoisotopic (exact) mass is 325 g/mol. The molecule has 2 aliphatic rings. The molecule has 116 valence electrons. The molecule has 0 saturated carbocycles. The Morgan fingerprint density at radius 2 is 1.90 bits per heavy atom. The lowest BCUT2D eigenvalue weighted by atomic mass is 9.89. The molecule has 2 atom stereocenters. The van der Waals surface area contributed by atoms with Crippen molar-refractivity contribution < 1.29 is 0 Å². The number of piperazine rings is 1. The molecule has 0 radical (unpaired) electrons. The SMILES string of the molecule is CC1SCCC1(CN)N1CCN(c2ccc(Cl)cc2)CC1. The summed E-state index contributed by atoms with van der Waals surface area (Å²) in [7, 11) is 0. The molecule has 21 heavy (non-hydrogen) atoms. The minimum atomic E-state index is 0.219. The number of anilines is 1. The zero-order chi connectivity index (χ0) is 14.9. The van der Waals surface area contributed by atoms with Crippen LogP contribution in [0.3, 0.4) is 0 Å². The molecular weight excluding hydrogens is 302 g/mol. The predicted octanol–water partition coefficient (Wildman–Crippen LogP) is 2.68. The van der Waals surface area contributed by atoms with Gasteiger partial charge in [-0.3, -0.25) is 4.90 Å². The average Bonchev–Trinajstić information content (AvgIpc) is 2.90. The molecule has 3 nitrogen and oxygen atoms in total. The van der Waals surface area contributed by atoms with E-state index in [-0.39, 0.29) is 5.54 Å². The third kappa shape index (κ3) is 2.91. The van der Waals surface area contributed by atoms with Gasteiger partial charge in [-0.2, -0.15) is 11.8 Å². The second-order valence-corrected chi connectivity index (χ2v) is 7.91. The Labute approximate surface area is 136 Å². The van der Waals surface area contributed by atoms with E-state index in [1.54, 1.807) is 0 Å². The highest BCUT2D eigenvalue weighted by atomic mass is 35.5. The predicted molar refractivity (Wildman–Crippen MR) is 93.6 cm³/mol. The van der Waals surface area contributed by atoms with Crippen molar-refractivity contribution in [3.05, 3.63) is 29.3 Å². The molecule has 0 amide bonds. The summed E-state index contributed by atoms with van der Waals surface area (Å²) in [6.45, 7) is 7.47. The molecule has 2 N–H and O–H groups in total. The van der Waals surface area contributed by atoms with Gasteiger partial charge in [0, 0.05) is 54.2 Å². The molecule has 2 unspecified atom stereocenters. The van der Waals surface area contributed by atoms with E-state index in [0.29, 0.717) is 5.25 Å². The zero-order valence-corrected chi connectivity index (χ0v) is 14.2. The molecule has 2 saturated heterocycles. The molecule has 2 fully saturated rings. The number of hydrogen-bond acceptors (Lipinski definition) is 4. The van der Waals surface area contributed by atoms with E-state index in [9.17, 15) is 0 Å². The normalized spacial score (nSPS) is 30.8. The molecular formula is C16H24ClN3S. The van der Waals surface area contributed by atoms with Crippen molar-refractivity contribution >= 4 is 29.1 Å². The fourth-order valence-corrected chi connectivity index (χ4v) is 5.27. The lowest BCUT2D eigenvalue weighted by Gasteiger charge is -2.48. The first-order chi connectivity index (χ1) is 10.2. The van der Waals surface area contributed by atoms with E-state index in [1.165, 1.54) is 17.9 Å². The Kier molecular flexibility index (Phi) is 4.69. The topological polar surface area (TPSA) is 32.5 Å². The highest BCUT2D eigenvalue weighted by Crippen LogP contribution is 2.40. The molecule has 0 spiro atoms. The lowest BCUT2D eigenvalue weighted by Crippen LogP contribution is -2.62.